The lowest BCUT2D eigenvalue weighted by molar-refractivity contribution is 0.375. The topological polar surface area (TPSA) is 96.9 Å². The molecule has 2 aromatic carbocycles. The van der Waals surface area contributed by atoms with E-state index in [0.717, 1.165) is 38.0 Å². The fraction of sp³-hybridized carbons (Fsp3) is 0.167. The Kier molecular flexibility index (Phi) is 4.45. The molecule has 3 N–H and O–H groups in total. The van der Waals surface area contributed by atoms with Gasteiger partial charge in [-0.25, -0.2) is 0 Å². The number of nitrogens with one attached hydrogen (secondary N) is 1. The SMILES string of the molecule is COc1ccc2ccccc2c1[C@@H]1C(C#N)=C(N)Oc2n[nH]c(-c3cc(C)sc3C)c21. The lowest BCUT2D eigenvalue weighted by atomic mass is 9.80. The van der Waals surface area contributed by atoms with Crippen LogP contribution in [0.25, 0.3) is 22.0 Å². The molecule has 1 aliphatic rings. The van der Waals surface area contributed by atoms with Crippen molar-refractivity contribution in [3.05, 3.63) is 74.8 Å². The molecule has 154 valence electrons. The molecule has 7 heteroatoms. The highest BCUT2D eigenvalue weighted by Gasteiger charge is 2.38. The Morgan fingerprint density at radius 1 is 1.19 bits per heavy atom. The molecular weight excluding hydrogens is 408 g/mol. The summed E-state index contributed by atoms with van der Waals surface area (Å²) in [4.78, 5) is 2.36. The summed E-state index contributed by atoms with van der Waals surface area (Å²) in [7, 11) is 1.63. The molecule has 0 aliphatic carbocycles. The number of ether oxygens (including phenoxy) is 2. The van der Waals surface area contributed by atoms with E-state index < -0.39 is 5.92 Å². The second-order valence-corrected chi connectivity index (χ2v) is 8.93. The highest BCUT2D eigenvalue weighted by molar-refractivity contribution is 7.12. The predicted octanol–water partition coefficient (Wildman–Crippen LogP) is 5.14. The van der Waals surface area contributed by atoms with E-state index in [4.69, 9.17) is 15.2 Å². The number of hydrogen-bond donors (Lipinski definition) is 2. The summed E-state index contributed by atoms with van der Waals surface area (Å²) in [5, 5.41) is 19.7. The van der Waals surface area contributed by atoms with Gasteiger partial charge < -0.3 is 15.2 Å². The quantitative estimate of drug-likeness (QED) is 0.471. The summed E-state index contributed by atoms with van der Waals surface area (Å²) in [6.45, 7) is 4.15. The average molecular weight is 429 g/mol. The Balaban J connectivity index is 1.87. The van der Waals surface area contributed by atoms with Crippen LogP contribution in [-0.2, 0) is 0 Å². The average Bonchev–Trinajstić information content (AvgIpc) is 3.33. The van der Waals surface area contributed by atoms with Gasteiger partial charge in [-0.3, -0.25) is 5.10 Å². The number of allylic oxidation sites excluding steroid dienone is 1. The van der Waals surface area contributed by atoms with E-state index >= 15 is 0 Å². The van der Waals surface area contributed by atoms with E-state index in [-0.39, 0.29) is 5.88 Å². The van der Waals surface area contributed by atoms with Crippen LogP contribution in [0.15, 0.2) is 53.9 Å². The van der Waals surface area contributed by atoms with Gasteiger partial charge in [0.2, 0.25) is 11.8 Å². The van der Waals surface area contributed by atoms with E-state index in [0.29, 0.717) is 17.2 Å². The molecule has 0 radical (unpaired) electrons. The normalized spacial score (nSPS) is 15.5. The van der Waals surface area contributed by atoms with Gasteiger partial charge in [-0.1, -0.05) is 30.3 Å². The van der Waals surface area contributed by atoms with Crippen LogP contribution in [0, 0.1) is 25.2 Å². The van der Waals surface area contributed by atoms with Crippen molar-refractivity contribution >= 4 is 22.1 Å². The zero-order valence-corrected chi connectivity index (χ0v) is 18.1. The van der Waals surface area contributed by atoms with Crippen LogP contribution < -0.4 is 15.2 Å². The minimum Gasteiger partial charge on any atom is -0.496 e. The number of aromatic amines is 1. The van der Waals surface area contributed by atoms with Crippen molar-refractivity contribution in [1.29, 1.82) is 5.26 Å². The number of aryl methyl sites for hydroxylation is 2. The smallest absolute Gasteiger partial charge is 0.244 e. The monoisotopic (exact) mass is 428 g/mol. The van der Waals surface area contributed by atoms with Crippen LogP contribution in [0.3, 0.4) is 0 Å². The highest BCUT2D eigenvalue weighted by Crippen LogP contribution is 2.50. The first-order valence-corrected chi connectivity index (χ1v) is 10.6. The number of fused-ring (bicyclic) bond motifs is 2. The minimum atomic E-state index is -0.483. The van der Waals surface area contributed by atoms with Gasteiger partial charge in [-0.15, -0.1) is 16.4 Å². The lowest BCUT2D eigenvalue weighted by Gasteiger charge is -2.26. The fourth-order valence-corrected chi connectivity index (χ4v) is 5.30. The highest BCUT2D eigenvalue weighted by atomic mass is 32.1. The van der Waals surface area contributed by atoms with Gasteiger partial charge >= 0.3 is 0 Å². The summed E-state index contributed by atoms with van der Waals surface area (Å²) >= 11 is 1.72. The maximum absolute atomic E-state index is 10.1. The maximum Gasteiger partial charge on any atom is 0.244 e. The Morgan fingerprint density at radius 2 is 2.00 bits per heavy atom. The molecule has 0 unspecified atom stereocenters. The maximum atomic E-state index is 10.1. The fourth-order valence-electron chi connectivity index (χ4n) is 4.37. The summed E-state index contributed by atoms with van der Waals surface area (Å²) in [5.41, 5.74) is 10.1. The molecule has 6 nitrogen and oxygen atoms in total. The standard InChI is InChI=1S/C24H20N4O2S/c1-12-10-16(13(2)31-12)22-21-20(17(11-25)23(26)30-24(21)28-27-22)19-15-7-5-4-6-14(15)8-9-18(19)29-3/h4-10,20H,26H2,1-3H3,(H,27,28)/t20-/m0/s1. The number of nitriles is 1. The Morgan fingerprint density at radius 3 is 2.71 bits per heavy atom. The number of nitrogens with two attached hydrogens (primary N) is 1. The van der Waals surface area contributed by atoms with E-state index in [9.17, 15) is 5.26 Å². The molecule has 5 rings (SSSR count). The number of nitrogens with zero attached hydrogens (tertiary/aromatic N) is 2. The van der Waals surface area contributed by atoms with Crippen LogP contribution >= 0.6 is 11.3 Å². The first-order chi connectivity index (χ1) is 15.0. The second kappa shape index (κ2) is 7.18. The number of methoxy groups -OCH3 is 1. The lowest BCUT2D eigenvalue weighted by Crippen LogP contribution is -2.21. The Hall–Kier alpha value is -3.76. The number of rotatable bonds is 3. The largest absolute Gasteiger partial charge is 0.496 e. The van der Waals surface area contributed by atoms with Gasteiger partial charge in [-0.2, -0.15) is 5.26 Å². The summed E-state index contributed by atoms with van der Waals surface area (Å²) in [5.74, 6) is 0.645. The van der Waals surface area contributed by atoms with Crippen LogP contribution in [0.1, 0.15) is 26.8 Å². The summed E-state index contributed by atoms with van der Waals surface area (Å²) in [6, 6.07) is 16.4. The zero-order chi connectivity index (χ0) is 21.7. The molecule has 2 aromatic heterocycles. The van der Waals surface area contributed by atoms with Crippen molar-refractivity contribution in [2.75, 3.05) is 7.11 Å². The molecule has 0 saturated carbocycles. The molecule has 4 aromatic rings. The summed E-state index contributed by atoms with van der Waals surface area (Å²) in [6.07, 6.45) is 0. The molecule has 3 heterocycles. The Bertz CT molecular complexity index is 1410. The third-order valence-electron chi connectivity index (χ3n) is 5.69. The molecule has 0 bridgehead atoms. The summed E-state index contributed by atoms with van der Waals surface area (Å²) < 4.78 is 11.5. The first-order valence-electron chi connectivity index (χ1n) is 9.82. The van der Waals surface area contributed by atoms with Crippen molar-refractivity contribution in [2.45, 2.75) is 19.8 Å². The van der Waals surface area contributed by atoms with E-state index in [2.05, 4.69) is 36.2 Å². The minimum absolute atomic E-state index is 0.0614. The van der Waals surface area contributed by atoms with Gasteiger partial charge in [0.25, 0.3) is 0 Å². The van der Waals surface area contributed by atoms with Gasteiger partial charge in [-0.05, 0) is 36.8 Å². The molecule has 31 heavy (non-hydrogen) atoms. The molecule has 1 atom stereocenters. The van der Waals surface area contributed by atoms with Crippen molar-refractivity contribution in [3.63, 3.8) is 0 Å². The number of benzene rings is 2. The molecule has 1 aliphatic heterocycles. The second-order valence-electron chi connectivity index (χ2n) is 7.47. The number of aromatic nitrogens is 2. The van der Waals surface area contributed by atoms with Gasteiger partial charge in [0.1, 0.15) is 17.4 Å². The number of thiophene rings is 1. The number of H-pyrrole nitrogens is 1. The van der Waals surface area contributed by atoms with E-state index in [1.165, 1.54) is 4.88 Å². The van der Waals surface area contributed by atoms with Crippen molar-refractivity contribution < 1.29 is 9.47 Å². The van der Waals surface area contributed by atoms with Crippen molar-refractivity contribution in [2.24, 2.45) is 5.73 Å². The predicted molar refractivity (Wildman–Crippen MR) is 121 cm³/mol. The molecule has 0 spiro atoms. The van der Waals surface area contributed by atoms with Crippen molar-refractivity contribution in [1.82, 2.24) is 10.2 Å². The Labute approximate surface area is 183 Å². The zero-order valence-electron chi connectivity index (χ0n) is 17.3. The molecule has 0 amide bonds. The van der Waals surface area contributed by atoms with Crippen LogP contribution in [0.5, 0.6) is 11.6 Å². The molecule has 0 fully saturated rings. The van der Waals surface area contributed by atoms with Crippen LogP contribution in [-0.4, -0.2) is 17.3 Å². The molecular formula is C24H20N4O2S. The van der Waals surface area contributed by atoms with Gasteiger partial charge in [0.05, 0.1) is 24.3 Å². The van der Waals surface area contributed by atoms with Gasteiger partial charge in [0.15, 0.2) is 0 Å². The van der Waals surface area contributed by atoms with E-state index in [1.807, 2.05) is 36.4 Å². The van der Waals surface area contributed by atoms with Crippen LogP contribution in [0.2, 0.25) is 0 Å². The third kappa shape index (κ3) is 2.87. The molecule has 0 saturated heterocycles. The van der Waals surface area contributed by atoms with E-state index in [1.54, 1.807) is 18.4 Å². The first kappa shape index (κ1) is 19.2. The van der Waals surface area contributed by atoms with Crippen LogP contribution in [0.4, 0.5) is 0 Å². The van der Waals surface area contributed by atoms with Gasteiger partial charge in [0, 0.05) is 20.9 Å². The number of hydrogen-bond acceptors (Lipinski definition) is 6. The van der Waals surface area contributed by atoms with Crippen molar-refractivity contribution in [3.8, 4) is 29.0 Å². The third-order valence-corrected chi connectivity index (χ3v) is 6.65.